The molecule has 0 aliphatic heterocycles. The van der Waals surface area contributed by atoms with Gasteiger partial charge in [-0.15, -0.1) is 0 Å². The van der Waals surface area contributed by atoms with Gasteiger partial charge in [0.2, 0.25) is 0 Å². The molecule has 0 amide bonds. The summed E-state index contributed by atoms with van der Waals surface area (Å²) >= 11 is 0. The van der Waals surface area contributed by atoms with Crippen LogP contribution in [0.2, 0.25) is 0 Å². The molecule has 6 nitrogen and oxygen atoms in total. The topological polar surface area (TPSA) is 58.1 Å². The molecule has 0 saturated heterocycles. The molecule has 0 saturated carbocycles. The summed E-state index contributed by atoms with van der Waals surface area (Å²) in [6, 6.07) is 8.22. The van der Waals surface area contributed by atoms with Gasteiger partial charge in [0.1, 0.15) is 5.75 Å². The Morgan fingerprint density at radius 1 is 1.22 bits per heavy atom. The lowest BCUT2D eigenvalue weighted by Gasteiger charge is -2.25. The van der Waals surface area contributed by atoms with Crippen molar-refractivity contribution in [2.24, 2.45) is 4.99 Å². The lowest BCUT2D eigenvalue weighted by Crippen LogP contribution is -2.39. The monoisotopic (exact) mass is 322 g/mol. The van der Waals surface area contributed by atoms with E-state index < -0.39 is 0 Å². The van der Waals surface area contributed by atoms with E-state index in [1.165, 1.54) is 0 Å². The van der Waals surface area contributed by atoms with Gasteiger partial charge in [0.05, 0.1) is 26.3 Å². The third-order valence-corrected chi connectivity index (χ3v) is 3.49. The summed E-state index contributed by atoms with van der Waals surface area (Å²) in [5, 5.41) is 6.51. The van der Waals surface area contributed by atoms with E-state index >= 15 is 0 Å². The number of hydrogen-bond donors (Lipinski definition) is 2. The van der Waals surface area contributed by atoms with Gasteiger partial charge in [0, 0.05) is 25.8 Å². The molecule has 1 aromatic carbocycles. The number of guanidine groups is 1. The number of hydrogen-bond acceptors (Lipinski definition) is 4. The third-order valence-electron chi connectivity index (χ3n) is 3.49. The summed E-state index contributed by atoms with van der Waals surface area (Å²) in [6.45, 7) is 4.88. The fourth-order valence-electron chi connectivity index (χ4n) is 2.27. The summed E-state index contributed by atoms with van der Waals surface area (Å²) < 4.78 is 10.6. The van der Waals surface area contributed by atoms with Crippen LogP contribution in [0.5, 0.6) is 5.75 Å². The first-order valence-corrected chi connectivity index (χ1v) is 7.94. The smallest absolute Gasteiger partial charge is 0.191 e. The number of nitrogens with one attached hydrogen (secondary N) is 2. The molecular weight excluding hydrogens is 292 g/mol. The average Bonchev–Trinajstić information content (AvgIpc) is 2.55. The first-order valence-electron chi connectivity index (χ1n) is 7.94. The van der Waals surface area contributed by atoms with Gasteiger partial charge in [-0.25, -0.2) is 0 Å². The fourth-order valence-corrected chi connectivity index (χ4v) is 2.27. The molecule has 1 aromatic rings. The van der Waals surface area contributed by atoms with E-state index in [1.807, 2.05) is 18.2 Å². The summed E-state index contributed by atoms with van der Waals surface area (Å²) in [4.78, 5) is 6.85. The van der Waals surface area contributed by atoms with E-state index in [0.29, 0.717) is 13.2 Å². The molecule has 0 heterocycles. The molecule has 23 heavy (non-hydrogen) atoms. The predicted octanol–water partition coefficient (Wildman–Crippen LogP) is 1.50. The number of nitrogens with zero attached hydrogens (tertiary/aromatic N) is 2. The van der Waals surface area contributed by atoms with Crippen molar-refractivity contribution < 1.29 is 9.47 Å². The number of methoxy groups -OCH3 is 2. The predicted molar refractivity (Wildman–Crippen MR) is 95.3 cm³/mol. The van der Waals surface area contributed by atoms with Crippen LogP contribution in [0.4, 0.5) is 0 Å². The Balaban J connectivity index is 2.86. The normalized spacial score (nSPS) is 13.0. The zero-order valence-corrected chi connectivity index (χ0v) is 14.9. The van der Waals surface area contributed by atoms with Crippen molar-refractivity contribution in [3.05, 3.63) is 29.8 Å². The van der Waals surface area contributed by atoms with Gasteiger partial charge in [-0.2, -0.15) is 0 Å². The SMILES string of the molecule is CCNC(=NCC(c1ccccc1OC)N(C)C)NCCOC. The second kappa shape index (κ2) is 10.9. The van der Waals surface area contributed by atoms with Crippen LogP contribution < -0.4 is 15.4 Å². The highest BCUT2D eigenvalue weighted by molar-refractivity contribution is 5.79. The minimum atomic E-state index is 0.143. The van der Waals surface area contributed by atoms with Gasteiger partial charge in [-0.1, -0.05) is 18.2 Å². The van der Waals surface area contributed by atoms with E-state index in [1.54, 1.807) is 14.2 Å². The van der Waals surface area contributed by atoms with Crippen molar-refractivity contribution in [3.63, 3.8) is 0 Å². The molecule has 6 heteroatoms. The molecule has 0 bridgehead atoms. The van der Waals surface area contributed by atoms with Crippen LogP contribution in [0.3, 0.4) is 0 Å². The number of rotatable bonds is 9. The van der Waals surface area contributed by atoms with E-state index in [9.17, 15) is 0 Å². The van der Waals surface area contributed by atoms with Crippen LogP contribution >= 0.6 is 0 Å². The third kappa shape index (κ3) is 6.46. The summed E-state index contributed by atoms with van der Waals surface area (Å²) in [5.74, 6) is 1.69. The Kier molecular flexibility index (Phi) is 9.09. The Labute approximate surface area is 139 Å². The van der Waals surface area contributed by atoms with Crippen molar-refractivity contribution in [1.82, 2.24) is 15.5 Å². The Bertz CT molecular complexity index is 477. The Morgan fingerprint density at radius 2 is 1.96 bits per heavy atom. The Morgan fingerprint density at radius 3 is 2.57 bits per heavy atom. The van der Waals surface area contributed by atoms with Crippen molar-refractivity contribution in [2.45, 2.75) is 13.0 Å². The van der Waals surface area contributed by atoms with E-state index in [2.05, 4.69) is 42.6 Å². The van der Waals surface area contributed by atoms with Gasteiger partial charge < -0.3 is 25.0 Å². The number of aliphatic imine (C=N–C) groups is 1. The van der Waals surface area contributed by atoms with Gasteiger partial charge >= 0.3 is 0 Å². The van der Waals surface area contributed by atoms with Crippen LogP contribution in [-0.4, -0.2) is 65.4 Å². The molecular formula is C17H30N4O2. The fraction of sp³-hybridized carbons (Fsp3) is 0.588. The molecule has 1 unspecified atom stereocenters. The maximum absolute atomic E-state index is 5.49. The van der Waals surface area contributed by atoms with Gasteiger partial charge in [0.15, 0.2) is 5.96 Å². The van der Waals surface area contributed by atoms with Crippen LogP contribution in [0.25, 0.3) is 0 Å². The quantitative estimate of drug-likeness (QED) is 0.410. The Hall–Kier alpha value is -1.79. The minimum absolute atomic E-state index is 0.143. The maximum atomic E-state index is 5.49. The largest absolute Gasteiger partial charge is 0.496 e. The number of ether oxygens (including phenoxy) is 2. The number of para-hydroxylation sites is 1. The highest BCUT2D eigenvalue weighted by Gasteiger charge is 2.18. The summed E-state index contributed by atoms with van der Waals surface area (Å²) in [7, 11) is 7.50. The van der Waals surface area contributed by atoms with Crippen molar-refractivity contribution in [1.29, 1.82) is 0 Å². The average molecular weight is 322 g/mol. The molecule has 130 valence electrons. The molecule has 0 fully saturated rings. The molecule has 0 aliphatic rings. The van der Waals surface area contributed by atoms with Gasteiger partial charge in [-0.05, 0) is 27.1 Å². The molecule has 1 atom stereocenters. The summed E-state index contributed by atoms with van der Waals surface area (Å²) in [6.07, 6.45) is 0. The van der Waals surface area contributed by atoms with Crippen molar-refractivity contribution >= 4 is 5.96 Å². The highest BCUT2D eigenvalue weighted by atomic mass is 16.5. The van der Waals surface area contributed by atoms with Gasteiger partial charge in [-0.3, -0.25) is 4.99 Å². The van der Waals surface area contributed by atoms with E-state index in [-0.39, 0.29) is 6.04 Å². The number of benzene rings is 1. The molecule has 1 rings (SSSR count). The molecule has 0 radical (unpaired) electrons. The summed E-state index contributed by atoms with van der Waals surface area (Å²) in [5.41, 5.74) is 1.14. The van der Waals surface area contributed by atoms with E-state index in [0.717, 1.165) is 30.4 Å². The van der Waals surface area contributed by atoms with Crippen LogP contribution in [0, 0.1) is 0 Å². The number of likely N-dealkylation sites (N-methyl/N-ethyl adjacent to an activating group) is 1. The van der Waals surface area contributed by atoms with Crippen LogP contribution in [0.15, 0.2) is 29.3 Å². The maximum Gasteiger partial charge on any atom is 0.191 e. The van der Waals surface area contributed by atoms with E-state index in [4.69, 9.17) is 14.5 Å². The molecule has 2 N–H and O–H groups in total. The first-order chi connectivity index (χ1) is 11.1. The minimum Gasteiger partial charge on any atom is -0.496 e. The lowest BCUT2D eigenvalue weighted by atomic mass is 10.0. The highest BCUT2D eigenvalue weighted by Crippen LogP contribution is 2.27. The van der Waals surface area contributed by atoms with Crippen molar-refractivity contribution in [3.8, 4) is 5.75 Å². The molecule has 0 aliphatic carbocycles. The zero-order valence-electron chi connectivity index (χ0n) is 14.9. The van der Waals surface area contributed by atoms with Crippen LogP contribution in [0.1, 0.15) is 18.5 Å². The standard InChI is InChI=1S/C17H30N4O2/c1-6-18-17(19-11-12-22-4)20-13-15(21(2)3)14-9-7-8-10-16(14)23-5/h7-10,15H,6,11-13H2,1-5H3,(H2,18,19,20). The second-order valence-electron chi connectivity index (χ2n) is 5.36. The second-order valence-corrected chi connectivity index (χ2v) is 5.36. The molecule has 0 spiro atoms. The van der Waals surface area contributed by atoms with Crippen molar-refractivity contribution in [2.75, 3.05) is 54.6 Å². The van der Waals surface area contributed by atoms with Crippen LogP contribution in [-0.2, 0) is 4.74 Å². The molecule has 0 aromatic heterocycles. The zero-order chi connectivity index (χ0) is 17.1. The van der Waals surface area contributed by atoms with Gasteiger partial charge in [0.25, 0.3) is 0 Å². The first kappa shape index (κ1) is 19.3. The lowest BCUT2D eigenvalue weighted by molar-refractivity contribution is 0.203.